The molecule has 0 radical (unpaired) electrons. The van der Waals surface area contributed by atoms with E-state index in [9.17, 15) is 27.0 Å². The fourth-order valence-electron chi connectivity index (χ4n) is 3.78. The Morgan fingerprint density at radius 1 is 0.862 bits per heavy atom. The van der Waals surface area contributed by atoms with Gasteiger partial charge in [0.2, 0.25) is 9.84 Å². The van der Waals surface area contributed by atoms with Gasteiger partial charge in [-0.15, -0.1) is 0 Å². The number of benzene rings is 2. The van der Waals surface area contributed by atoms with Crippen LogP contribution in [0.3, 0.4) is 0 Å². The van der Waals surface area contributed by atoms with Crippen LogP contribution in [-0.4, -0.2) is 50.8 Å². The number of hydrogen-bond donors (Lipinski definition) is 3. The third-order valence-electron chi connectivity index (χ3n) is 5.13. The van der Waals surface area contributed by atoms with Gasteiger partial charge in [-0.1, -0.05) is 30.3 Å². The zero-order chi connectivity index (χ0) is 21.2. The van der Waals surface area contributed by atoms with Gasteiger partial charge in [0.25, 0.3) is 0 Å². The number of sulfone groups is 2. The zero-order valence-corrected chi connectivity index (χ0v) is 17.4. The molecular weight excluding hydrogens is 416 g/mol. The lowest BCUT2D eigenvalue weighted by molar-refractivity contribution is 0.247. The van der Waals surface area contributed by atoms with E-state index < -0.39 is 30.4 Å². The quantitative estimate of drug-likeness (QED) is 0.562. The molecule has 7 nitrogen and oxygen atoms in total. The van der Waals surface area contributed by atoms with Crippen molar-refractivity contribution in [1.29, 1.82) is 0 Å². The predicted octanol–water partition coefficient (Wildman–Crippen LogP) is 1.16. The Kier molecular flexibility index (Phi) is 6.45. The monoisotopic (exact) mass is 440 g/mol. The summed E-state index contributed by atoms with van der Waals surface area (Å²) in [6.45, 7) is -0.276. The van der Waals surface area contributed by atoms with Crippen molar-refractivity contribution in [1.82, 2.24) is 0 Å². The molecule has 29 heavy (non-hydrogen) atoms. The molecule has 0 amide bonds. The second-order valence-corrected chi connectivity index (χ2v) is 11.0. The van der Waals surface area contributed by atoms with Gasteiger partial charge in [-0.25, -0.2) is 16.8 Å². The van der Waals surface area contributed by atoms with Crippen molar-refractivity contribution in [3.8, 4) is 0 Å². The lowest BCUT2D eigenvalue weighted by Gasteiger charge is -2.18. The standard InChI is InChI=1S/C20H24O7S2/c21-12-4-6-14-10-11-15(7-5-13-22)18-17(14)19(20(23)29(18,26)27)28(24,25)16-8-2-1-3-9-16/h1-3,8-11,19-23H,4-7,12-13H2. The highest BCUT2D eigenvalue weighted by atomic mass is 32.2. The SMILES string of the molecule is O=S1(=O)c2c(CCCO)ccc(CCCO)c2C(S(=O)(=O)c2ccccc2)C1O. The number of aliphatic hydroxyl groups excluding tert-OH is 3. The molecule has 0 aromatic heterocycles. The highest BCUT2D eigenvalue weighted by Gasteiger charge is 2.52. The lowest BCUT2D eigenvalue weighted by Crippen LogP contribution is -2.27. The van der Waals surface area contributed by atoms with Gasteiger partial charge in [-0.3, -0.25) is 0 Å². The number of rotatable bonds is 8. The Hall–Kier alpha value is -1.78. The van der Waals surface area contributed by atoms with Crippen LogP contribution >= 0.6 is 0 Å². The highest BCUT2D eigenvalue weighted by Crippen LogP contribution is 2.48. The summed E-state index contributed by atoms with van der Waals surface area (Å²) < 4.78 is 52.8. The first kappa shape index (κ1) is 21.9. The zero-order valence-electron chi connectivity index (χ0n) is 15.7. The molecule has 0 aliphatic carbocycles. The Balaban J connectivity index is 2.28. The largest absolute Gasteiger partial charge is 0.396 e. The molecule has 1 aliphatic heterocycles. The van der Waals surface area contributed by atoms with Gasteiger partial charge in [0.1, 0.15) is 5.25 Å². The molecule has 1 heterocycles. The molecule has 3 N–H and O–H groups in total. The van der Waals surface area contributed by atoms with E-state index in [1.807, 2.05) is 0 Å². The van der Waals surface area contributed by atoms with Crippen molar-refractivity contribution in [3.63, 3.8) is 0 Å². The summed E-state index contributed by atoms with van der Waals surface area (Å²) in [7, 11) is -8.50. The van der Waals surface area contributed by atoms with Gasteiger partial charge in [0.15, 0.2) is 15.3 Å². The summed E-state index contributed by atoms with van der Waals surface area (Å²) in [5, 5.41) is 27.4. The van der Waals surface area contributed by atoms with Crippen LogP contribution < -0.4 is 0 Å². The van der Waals surface area contributed by atoms with Crippen LogP contribution in [-0.2, 0) is 32.5 Å². The topological polar surface area (TPSA) is 129 Å². The molecule has 1 aliphatic rings. The highest BCUT2D eigenvalue weighted by molar-refractivity contribution is 7.96. The number of aliphatic hydroxyl groups is 3. The minimum absolute atomic E-state index is 0.0685. The third kappa shape index (κ3) is 3.85. The van der Waals surface area contributed by atoms with Crippen LogP contribution in [0, 0.1) is 0 Å². The summed E-state index contributed by atoms with van der Waals surface area (Å²) in [5.41, 5.74) is -1.17. The van der Waals surface area contributed by atoms with E-state index >= 15 is 0 Å². The molecule has 158 valence electrons. The fraction of sp³-hybridized carbons (Fsp3) is 0.400. The van der Waals surface area contributed by atoms with Crippen molar-refractivity contribution >= 4 is 19.7 Å². The Morgan fingerprint density at radius 2 is 1.41 bits per heavy atom. The summed E-state index contributed by atoms with van der Waals surface area (Å²) in [4.78, 5) is -0.223. The maximum atomic E-state index is 13.3. The Bertz CT molecular complexity index is 1080. The number of aryl methyl sites for hydroxylation is 2. The third-order valence-corrected chi connectivity index (χ3v) is 9.35. The molecule has 9 heteroatoms. The van der Waals surface area contributed by atoms with Crippen molar-refractivity contribution in [2.24, 2.45) is 0 Å². The van der Waals surface area contributed by atoms with Crippen LogP contribution in [0.5, 0.6) is 0 Å². The first-order valence-electron chi connectivity index (χ1n) is 9.34. The van der Waals surface area contributed by atoms with Gasteiger partial charge in [0, 0.05) is 13.2 Å². The molecule has 0 bridgehead atoms. The van der Waals surface area contributed by atoms with Crippen LogP contribution in [0.25, 0.3) is 0 Å². The smallest absolute Gasteiger partial charge is 0.207 e. The van der Waals surface area contributed by atoms with Crippen molar-refractivity contribution < 1.29 is 32.2 Å². The fourth-order valence-corrected chi connectivity index (χ4v) is 8.25. The van der Waals surface area contributed by atoms with E-state index in [0.29, 0.717) is 24.0 Å². The van der Waals surface area contributed by atoms with Crippen molar-refractivity contribution in [3.05, 3.63) is 59.2 Å². The normalized spacial score (nSPS) is 20.5. The molecule has 0 saturated carbocycles. The van der Waals surface area contributed by atoms with Crippen LogP contribution in [0.2, 0.25) is 0 Å². The summed E-state index contributed by atoms with van der Waals surface area (Å²) in [5.74, 6) is 0. The number of fused-ring (bicyclic) bond motifs is 1. The summed E-state index contributed by atoms with van der Waals surface area (Å²) in [6, 6.07) is 10.7. The minimum Gasteiger partial charge on any atom is -0.396 e. The average molecular weight is 441 g/mol. The Morgan fingerprint density at radius 3 is 2.00 bits per heavy atom. The van der Waals surface area contributed by atoms with E-state index in [0.717, 1.165) is 0 Å². The maximum Gasteiger partial charge on any atom is 0.207 e. The van der Waals surface area contributed by atoms with Crippen molar-refractivity contribution in [2.75, 3.05) is 13.2 Å². The molecule has 2 aromatic rings. The van der Waals surface area contributed by atoms with Gasteiger partial charge >= 0.3 is 0 Å². The second-order valence-electron chi connectivity index (χ2n) is 7.00. The molecule has 2 aromatic carbocycles. The van der Waals surface area contributed by atoms with Gasteiger partial charge < -0.3 is 15.3 Å². The van der Waals surface area contributed by atoms with E-state index in [1.165, 1.54) is 24.3 Å². The molecule has 2 unspecified atom stereocenters. The molecule has 0 saturated heterocycles. The second kappa shape index (κ2) is 8.53. The first-order chi connectivity index (χ1) is 13.8. The van der Waals surface area contributed by atoms with Crippen LogP contribution in [0.1, 0.15) is 34.8 Å². The summed E-state index contributed by atoms with van der Waals surface area (Å²) in [6.07, 6.45) is 1.16. The number of hydrogen-bond acceptors (Lipinski definition) is 7. The van der Waals surface area contributed by atoms with Crippen molar-refractivity contribution in [2.45, 2.75) is 46.2 Å². The van der Waals surface area contributed by atoms with E-state index in [4.69, 9.17) is 5.11 Å². The minimum atomic E-state index is -4.30. The summed E-state index contributed by atoms with van der Waals surface area (Å²) >= 11 is 0. The van der Waals surface area contributed by atoms with Gasteiger partial charge in [0.05, 0.1) is 9.79 Å². The predicted molar refractivity (Wildman–Crippen MR) is 107 cm³/mol. The lowest BCUT2D eigenvalue weighted by atomic mass is 9.96. The molecule has 0 spiro atoms. The van der Waals surface area contributed by atoms with E-state index in [-0.39, 0.29) is 41.4 Å². The molecular formula is C20H24O7S2. The molecule has 2 atom stereocenters. The van der Waals surface area contributed by atoms with Gasteiger partial charge in [-0.2, -0.15) is 0 Å². The van der Waals surface area contributed by atoms with Crippen LogP contribution in [0.4, 0.5) is 0 Å². The molecule has 3 rings (SSSR count). The van der Waals surface area contributed by atoms with Crippen LogP contribution in [0.15, 0.2) is 52.3 Å². The van der Waals surface area contributed by atoms with E-state index in [2.05, 4.69) is 0 Å². The molecule has 0 fully saturated rings. The van der Waals surface area contributed by atoms with Gasteiger partial charge in [-0.05, 0) is 54.5 Å². The first-order valence-corrected chi connectivity index (χ1v) is 12.4. The van der Waals surface area contributed by atoms with E-state index in [1.54, 1.807) is 18.2 Å². The Labute approximate surface area is 170 Å². The average Bonchev–Trinajstić information content (AvgIpc) is 2.93. The maximum absolute atomic E-state index is 13.3.